The number of anilines is 1. The van der Waals surface area contributed by atoms with Gasteiger partial charge in [0.25, 0.3) is 0 Å². The van der Waals surface area contributed by atoms with Gasteiger partial charge in [0.15, 0.2) is 5.96 Å². The summed E-state index contributed by atoms with van der Waals surface area (Å²) in [6, 6.07) is 7.36. The number of guanidine groups is 1. The summed E-state index contributed by atoms with van der Waals surface area (Å²) in [7, 11) is -1.55. The zero-order valence-corrected chi connectivity index (χ0v) is 18.8. The van der Waals surface area contributed by atoms with Gasteiger partial charge < -0.3 is 10.6 Å². The summed E-state index contributed by atoms with van der Waals surface area (Å²) in [5.41, 5.74) is 1.47. The van der Waals surface area contributed by atoms with Gasteiger partial charge >= 0.3 is 0 Å². The lowest BCUT2D eigenvalue weighted by molar-refractivity contribution is 0.481. The van der Waals surface area contributed by atoms with Crippen LogP contribution in [0.4, 0.5) is 5.69 Å². The molecular formula is C18H31IN4O2S. The second kappa shape index (κ2) is 11.6. The molecule has 6 nitrogen and oxygen atoms in total. The lowest BCUT2D eigenvalue weighted by Crippen LogP contribution is -2.37. The van der Waals surface area contributed by atoms with Gasteiger partial charge in [0, 0.05) is 20.1 Å². The molecule has 0 unspecified atom stereocenters. The minimum atomic E-state index is -3.29. The molecular weight excluding hydrogens is 463 g/mol. The van der Waals surface area contributed by atoms with Gasteiger partial charge in [-0.1, -0.05) is 43.9 Å². The molecule has 0 spiro atoms. The van der Waals surface area contributed by atoms with Crippen molar-refractivity contribution in [2.45, 2.75) is 45.1 Å². The predicted molar refractivity (Wildman–Crippen MR) is 120 cm³/mol. The maximum absolute atomic E-state index is 11.5. The number of para-hydroxylation sites is 1. The molecule has 1 saturated carbocycles. The molecule has 1 aliphatic carbocycles. The van der Waals surface area contributed by atoms with Crippen LogP contribution in [0.3, 0.4) is 0 Å². The Balaban J connectivity index is 0.00000338. The van der Waals surface area contributed by atoms with Gasteiger partial charge in [0.1, 0.15) is 0 Å². The van der Waals surface area contributed by atoms with Crippen molar-refractivity contribution in [3.63, 3.8) is 0 Å². The van der Waals surface area contributed by atoms with Crippen LogP contribution in [-0.2, 0) is 16.6 Å². The molecule has 0 amide bonds. The van der Waals surface area contributed by atoms with Gasteiger partial charge in [0.2, 0.25) is 10.0 Å². The maximum Gasteiger partial charge on any atom is 0.229 e. The molecule has 2 rings (SSSR count). The minimum Gasteiger partial charge on any atom is -0.356 e. The van der Waals surface area contributed by atoms with Crippen LogP contribution in [0.2, 0.25) is 0 Å². The molecule has 26 heavy (non-hydrogen) atoms. The predicted octanol–water partition coefficient (Wildman–Crippen LogP) is 3.31. The van der Waals surface area contributed by atoms with Crippen molar-refractivity contribution in [3.05, 3.63) is 29.8 Å². The zero-order valence-electron chi connectivity index (χ0n) is 15.6. The molecule has 0 radical (unpaired) electrons. The van der Waals surface area contributed by atoms with Crippen LogP contribution in [0.1, 0.15) is 44.1 Å². The fourth-order valence-corrected chi connectivity index (χ4v) is 3.87. The van der Waals surface area contributed by atoms with E-state index in [0.29, 0.717) is 12.2 Å². The molecule has 0 aromatic heterocycles. The van der Waals surface area contributed by atoms with E-state index in [-0.39, 0.29) is 24.0 Å². The molecule has 0 bridgehead atoms. The Morgan fingerprint density at radius 3 is 2.54 bits per heavy atom. The maximum atomic E-state index is 11.5. The third-order valence-electron chi connectivity index (χ3n) is 4.54. The van der Waals surface area contributed by atoms with Crippen molar-refractivity contribution in [2.24, 2.45) is 10.9 Å². The Morgan fingerprint density at radius 1 is 1.19 bits per heavy atom. The Kier molecular flexibility index (Phi) is 10.3. The highest BCUT2D eigenvalue weighted by Gasteiger charge is 2.14. The SMILES string of the molecule is CN=C(NCCCC1CCCC1)NCc1ccccc1NS(C)(=O)=O.I. The van der Waals surface area contributed by atoms with E-state index in [9.17, 15) is 8.42 Å². The summed E-state index contributed by atoms with van der Waals surface area (Å²) in [6.07, 6.45) is 9.14. The average Bonchev–Trinajstić information content (AvgIpc) is 3.07. The first-order valence-corrected chi connectivity index (χ1v) is 10.9. The monoisotopic (exact) mass is 494 g/mol. The van der Waals surface area contributed by atoms with Gasteiger partial charge in [0.05, 0.1) is 11.9 Å². The van der Waals surface area contributed by atoms with Crippen molar-refractivity contribution >= 4 is 45.6 Å². The molecule has 1 aromatic carbocycles. The fourth-order valence-electron chi connectivity index (χ4n) is 3.27. The summed E-state index contributed by atoms with van der Waals surface area (Å²) in [4.78, 5) is 4.23. The summed E-state index contributed by atoms with van der Waals surface area (Å²) in [5, 5.41) is 6.58. The molecule has 8 heteroatoms. The first-order chi connectivity index (χ1) is 12.0. The van der Waals surface area contributed by atoms with Crippen LogP contribution < -0.4 is 15.4 Å². The van der Waals surface area contributed by atoms with Crippen molar-refractivity contribution in [1.29, 1.82) is 0 Å². The molecule has 1 aliphatic rings. The molecule has 0 atom stereocenters. The second-order valence-corrected chi connectivity index (χ2v) is 8.43. The van der Waals surface area contributed by atoms with E-state index in [2.05, 4.69) is 20.3 Å². The standard InChI is InChI=1S/C18H30N4O2S.HI/c1-19-18(20-13-7-10-15-8-3-4-9-15)21-14-16-11-5-6-12-17(16)22-25(2,23)24;/h5-6,11-12,15,22H,3-4,7-10,13-14H2,1-2H3,(H2,19,20,21);1H. The van der Waals surface area contributed by atoms with Gasteiger partial charge in [-0.3, -0.25) is 9.71 Å². The largest absolute Gasteiger partial charge is 0.356 e. The van der Waals surface area contributed by atoms with Gasteiger partial charge in [-0.15, -0.1) is 24.0 Å². The Morgan fingerprint density at radius 2 is 1.88 bits per heavy atom. The smallest absolute Gasteiger partial charge is 0.229 e. The summed E-state index contributed by atoms with van der Waals surface area (Å²) in [6.45, 7) is 1.40. The van der Waals surface area contributed by atoms with E-state index in [0.717, 1.165) is 36.7 Å². The third kappa shape index (κ3) is 8.57. The Bertz CT molecular complexity index is 674. The molecule has 3 N–H and O–H groups in total. The molecule has 148 valence electrons. The van der Waals surface area contributed by atoms with E-state index in [4.69, 9.17) is 0 Å². The number of hydrogen-bond donors (Lipinski definition) is 3. The Hall–Kier alpha value is -1.03. The zero-order chi connectivity index (χ0) is 18.1. The van der Waals surface area contributed by atoms with Crippen LogP contribution >= 0.6 is 24.0 Å². The average molecular weight is 494 g/mol. The van der Waals surface area contributed by atoms with Crippen LogP contribution in [0.15, 0.2) is 29.3 Å². The van der Waals surface area contributed by atoms with E-state index >= 15 is 0 Å². The quantitative estimate of drug-likeness (QED) is 0.224. The van der Waals surface area contributed by atoms with Crippen LogP contribution in [0.25, 0.3) is 0 Å². The lowest BCUT2D eigenvalue weighted by atomic mass is 10.0. The topological polar surface area (TPSA) is 82.6 Å². The van der Waals surface area contributed by atoms with E-state index in [1.54, 1.807) is 13.1 Å². The van der Waals surface area contributed by atoms with Crippen molar-refractivity contribution in [2.75, 3.05) is 24.6 Å². The minimum absolute atomic E-state index is 0. The van der Waals surface area contributed by atoms with Crippen molar-refractivity contribution in [3.8, 4) is 0 Å². The highest BCUT2D eigenvalue weighted by molar-refractivity contribution is 14.0. The molecule has 0 aliphatic heterocycles. The number of nitrogens with zero attached hydrogens (tertiary/aromatic N) is 1. The number of aliphatic imine (C=N–C) groups is 1. The van der Waals surface area contributed by atoms with Crippen LogP contribution in [-0.4, -0.2) is 34.2 Å². The molecule has 0 heterocycles. The number of halogens is 1. The van der Waals surface area contributed by atoms with Crippen LogP contribution in [0.5, 0.6) is 0 Å². The van der Waals surface area contributed by atoms with E-state index in [1.807, 2.05) is 18.2 Å². The number of sulfonamides is 1. The number of nitrogens with one attached hydrogen (secondary N) is 3. The van der Waals surface area contributed by atoms with Crippen LogP contribution in [0, 0.1) is 5.92 Å². The highest BCUT2D eigenvalue weighted by atomic mass is 127. The van der Waals surface area contributed by atoms with Gasteiger partial charge in [-0.05, 0) is 30.4 Å². The lowest BCUT2D eigenvalue weighted by Gasteiger charge is -2.15. The first-order valence-electron chi connectivity index (χ1n) is 8.98. The number of rotatable bonds is 8. The first kappa shape index (κ1) is 23.0. The molecule has 1 aromatic rings. The Labute approximate surface area is 174 Å². The molecule has 1 fully saturated rings. The van der Waals surface area contributed by atoms with Crippen molar-refractivity contribution < 1.29 is 8.42 Å². The number of hydrogen-bond acceptors (Lipinski definition) is 3. The van der Waals surface area contributed by atoms with Gasteiger partial charge in [-0.2, -0.15) is 0 Å². The highest BCUT2D eigenvalue weighted by Crippen LogP contribution is 2.28. The normalized spacial score (nSPS) is 15.4. The summed E-state index contributed by atoms with van der Waals surface area (Å²) >= 11 is 0. The molecule has 0 saturated heterocycles. The second-order valence-electron chi connectivity index (χ2n) is 6.68. The summed E-state index contributed by atoms with van der Waals surface area (Å²) in [5.74, 6) is 1.64. The van der Waals surface area contributed by atoms with E-state index in [1.165, 1.54) is 32.1 Å². The van der Waals surface area contributed by atoms with Gasteiger partial charge in [-0.25, -0.2) is 8.42 Å². The number of benzene rings is 1. The third-order valence-corrected chi connectivity index (χ3v) is 5.13. The van der Waals surface area contributed by atoms with E-state index < -0.39 is 10.0 Å². The fraction of sp³-hybridized carbons (Fsp3) is 0.611. The summed E-state index contributed by atoms with van der Waals surface area (Å²) < 4.78 is 25.5. The van der Waals surface area contributed by atoms with Crippen molar-refractivity contribution in [1.82, 2.24) is 10.6 Å².